The molecule has 13 aromatic heterocycles. The number of hydrogen-bond donors (Lipinski definition) is 0. The molecule has 0 radical (unpaired) electrons. The Bertz CT molecular complexity index is 10900. The maximum absolute atomic E-state index is 5.05. The third kappa shape index (κ3) is 14.2. The lowest BCUT2D eigenvalue weighted by Gasteiger charge is -2.08. The lowest BCUT2D eigenvalue weighted by Crippen LogP contribution is -2.00. The van der Waals surface area contributed by atoms with E-state index in [0.717, 1.165) is 190 Å². The average Bonchev–Trinajstić information content (AvgIpc) is 1.58. The zero-order valence-corrected chi connectivity index (χ0v) is 79.2. The average molecular weight is 1900 g/mol. The van der Waals surface area contributed by atoms with Crippen molar-refractivity contribution >= 4 is 187 Å². The van der Waals surface area contributed by atoms with E-state index in [4.69, 9.17) is 44.9 Å². The third-order valence-electron chi connectivity index (χ3n) is 27.9. The highest BCUT2D eigenvalue weighted by Gasteiger charge is 2.27. The number of para-hydroxylation sites is 16. The minimum absolute atomic E-state index is 0.748. The van der Waals surface area contributed by atoms with Crippen LogP contribution in [0.4, 0.5) is 0 Å². The van der Waals surface area contributed by atoms with Crippen molar-refractivity contribution in [3.8, 4) is 90.0 Å². The Morgan fingerprint density at radius 1 is 0.156 bits per heavy atom. The van der Waals surface area contributed by atoms with Crippen LogP contribution in [0.2, 0.25) is 0 Å². The second-order valence-electron chi connectivity index (χ2n) is 36.5. The van der Waals surface area contributed by atoms with E-state index in [1.807, 2.05) is 182 Å². The molecule has 0 atom stereocenters. The molecule has 0 aliphatic heterocycles. The molecule has 147 heavy (non-hydrogen) atoms. The maximum Gasteiger partial charge on any atom is 0.221 e. The molecular weight excluding hydrogens is 1830 g/mol. The van der Waals surface area contributed by atoms with Gasteiger partial charge in [-0.3, -0.25) is 55.8 Å². The molecule has 688 valence electrons. The van der Waals surface area contributed by atoms with Crippen molar-refractivity contribution in [3.63, 3.8) is 0 Å². The molecular formula is C126H78N20S. The lowest BCUT2D eigenvalue weighted by molar-refractivity contribution is 1.04. The molecule has 0 bridgehead atoms. The SMILES string of the molecule is c1ccc(-c2ccc(-c3ccc4c(c3)n3c5ccccc5nc3n4-c3cnc4ccccc4n3)cc2)cc1.c1ccc(-c2ccc3c(c2)n2c4ccccc4nc2n3-c2cnc3ccccc3n2)cc1.c1ccc(-c2cccc(-c3ccc4c(c3)n3c5ccccc5nc3n4-c3cnc4ccccc4n3)c2)cc1.c1ccc2nc(-n3c4ccc(-c5cccc6c5sc5ccccc56)cc4n4c5ccccc5nc34)cnc2c1. The number of nitrogens with zero attached hydrogens (tertiary/aromatic N) is 20. The molecule has 0 saturated carbocycles. The van der Waals surface area contributed by atoms with Crippen LogP contribution in [-0.2, 0) is 0 Å². The van der Waals surface area contributed by atoms with Crippen LogP contribution < -0.4 is 0 Å². The van der Waals surface area contributed by atoms with E-state index >= 15 is 0 Å². The summed E-state index contributed by atoms with van der Waals surface area (Å²) in [6.07, 6.45) is 7.33. The van der Waals surface area contributed by atoms with Crippen LogP contribution in [0.5, 0.6) is 0 Å². The van der Waals surface area contributed by atoms with Crippen molar-refractivity contribution in [2.24, 2.45) is 0 Å². The van der Waals surface area contributed by atoms with Crippen molar-refractivity contribution in [2.75, 3.05) is 0 Å². The van der Waals surface area contributed by atoms with Gasteiger partial charge in [0.2, 0.25) is 23.1 Å². The van der Waals surface area contributed by atoms with Crippen LogP contribution in [0.15, 0.2) is 474 Å². The van der Waals surface area contributed by atoms with E-state index < -0.39 is 0 Å². The molecule has 0 aliphatic rings. The van der Waals surface area contributed by atoms with Crippen LogP contribution in [0.3, 0.4) is 0 Å². The van der Waals surface area contributed by atoms with Gasteiger partial charge in [0.1, 0.15) is 0 Å². The molecule has 21 heteroatoms. The minimum Gasteiger partial charge on any atom is -0.276 e. The van der Waals surface area contributed by atoms with E-state index in [-0.39, 0.29) is 0 Å². The molecule has 0 N–H and O–H groups in total. The van der Waals surface area contributed by atoms with E-state index in [1.54, 1.807) is 0 Å². The quantitative estimate of drug-likeness (QED) is 0.126. The summed E-state index contributed by atoms with van der Waals surface area (Å²) in [7, 11) is 0. The van der Waals surface area contributed by atoms with E-state index in [1.165, 1.54) is 75.8 Å². The zero-order valence-electron chi connectivity index (χ0n) is 78.4. The van der Waals surface area contributed by atoms with E-state index in [2.05, 4.69) is 354 Å². The first kappa shape index (κ1) is 83.8. The molecule has 0 spiro atoms. The second kappa shape index (κ2) is 34.4. The lowest BCUT2D eigenvalue weighted by atomic mass is 9.99. The number of fused-ring (bicyclic) bond motifs is 27. The topological polar surface area (TPSA) is 192 Å². The van der Waals surface area contributed by atoms with Gasteiger partial charge in [-0.25, -0.2) is 39.9 Å². The molecule has 0 saturated heterocycles. The number of rotatable bonds is 10. The molecule has 0 fully saturated rings. The minimum atomic E-state index is 0.748. The summed E-state index contributed by atoms with van der Waals surface area (Å²) in [6.45, 7) is 0. The van der Waals surface area contributed by atoms with Crippen LogP contribution in [0.25, 0.3) is 266 Å². The Labute approximate surface area is 840 Å². The Balaban J connectivity index is 0.0000000928. The van der Waals surface area contributed by atoms with Gasteiger partial charge in [0.05, 0.1) is 157 Å². The predicted molar refractivity (Wildman–Crippen MR) is 596 cm³/mol. The number of hydrogen-bond acceptors (Lipinski definition) is 13. The first-order chi connectivity index (χ1) is 72.9. The van der Waals surface area contributed by atoms with Crippen molar-refractivity contribution < 1.29 is 0 Å². The highest BCUT2D eigenvalue weighted by molar-refractivity contribution is 7.26. The summed E-state index contributed by atoms with van der Waals surface area (Å²) in [5.41, 5.74) is 37.7. The Hall–Kier alpha value is -20.2. The Morgan fingerprint density at radius 3 is 0.769 bits per heavy atom. The standard InChI is InChI=1S/C33H19N5S.2C33H21N5.C27H17N5/c1-6-15-30-22(8-1)23-10-7-9-21(32(23)39-30)20-16-17-28-29(18-20)37-27-14-5-4-13-26(27)36-33(37)38(28)31-19-34-24-11-2-3-12-25(24)35-31;1-2-9-22(10-3-1)23-11-8-12-24(19-23)25-17-18-30-31(20-25)37-29-16-7-6-15-28(29)36-33(37)38(30)32-21-34-26-13-4-5-14-27(26)35-32;1-2-8-22(9-3-1)23-14-16-24(17-15-23)25-18-19-30-31(20-25)37-29-13-7-6-12-28(29)36-33(37)38(30)32-21-34-26-10-4-5-11-27(26)35-32;1-2-8-18(9-3-1)19-14-15-24-25(16-19)31-23-13-7-6-12-22(23)30-27(31)32(24)26-17-28-20-10-4-5-11-21(20)29-26/h1-19H;2*1-21H;1-17H. The fourth-order valence-electron chi connectivity index (χ4n) is 21.0. The van der Waals surface area contributed by atoms with Gasteiger partial charge in [0.25, 0.3) is 0 Å². The van der Waals surface area contributed by atoms with Gasteiger partial charge < -0.3 is 0 Å². The fourth-order valence-corrected chi connectivity index (χ4v) is 22.3. The van der Waals surface area contributed by atoms with Gasteiger partial charge in [-0.05, 0) is 224 Å². The first-order valence-electron chi connectivity index (χ1n) is 48.7. The van der Waals surface area contributed by atoms with Crippen LogP contribution in [0.1, 0.15) is 0 Å². The van der Waals surface area contributed by atoms with Gasteiger partial charge in [-0.2, -0.15) is 0 Å². The number of imidazole rings is 8. The van der Waals surface area contributed by atoms with E-state index in [0.29, 0.717) is 0 Å². The Morgan fingerprint density at radius 2 is 0.401 bits per heavy atom. The summed E-state index contributed by atoms with van der Waals surface area (Å²) < 4.78 is 20.0. The van der Waals surface area contributed by atoms with Gasteiger partial charge >= 0.3 is 0 Å². The van der Waals surface area contributed by atoms with Gasteiger partial charge in [0, 0.05) is 20.2 Å². The van der Waals surface area contributed by atoms with Crippen molar-refractivity contribution in [1.82, 2.24) is 95.7 Å². The van der Waals surface area contributed by atoms with Crippen LogP contribution in [-0.4, -0.2) is 95.7 Å². The molecule has 19 aromatic carbocycles. The number of thiophene rings is 1. The largest absolute Gasteiger partial charge is 0.276 e. The van der Waals surface area contributed by atoms with Gasteiger partial charge in [-0.1, -0.05) is 291 Å². The fraction of sp³-hybridized carbons (Fsp3) is 0. The first-order valence-corrected chi connectivity index (χ1v) is 49.5. The number of aromatic nitrogens is 20. The molecule has 0 aliphatic carbocycles. The summed E-state index contributed by atoms with van der Waals surface area (Å²) in [5, 5.41) is 2.61. The normalized spacial score (nSPS) is 11.8. The Kier molecular flexibility index (Phi) is 19.6. The van der Waals surface area contributed by atoms with Gasteiger partial charge in [-0.15, -0.1) is 11.3 Å². The van der Waals surface area contributed by atoms with Crippen molar-refractivity contribution in [3.05, 3.63) is 474 Å². The molecule has 32 rings (SSSR count). The highest BCUT2D eigenvalue weighted by Crippen LogP contribution is 2.44. The second-order valence-corrected chi connectivity index (χ2v) is 37.6. The summed E-state index contributed by atoms with van der Waals surface area (Å²) in [6, 6.07) is 155. The third-order valence-corrected chi connectivity index (χ3v) is 29.1. The molecule has 32 aromatic rings. The monoisotopic (exact) mass is 1900 g/mol. The van der Waals surface area contributed by atoms with Crippen LogP contribution in [0, 0.1) is 0 Å². The smallest absolute Gasteiger partial charge is 0.221 e. The van der Waals surface area contributed by atoms with E-state index in [9.17, 15) is 0 Å². The van der Waals surface area contributed by atoms with Crippen molar-refractivity contribution in [2.45, 2.75) is 0 Å². The molecule has 0 unspecified atom stereocenters. The summed E-state index contributed by atoms with van der Waals surface area (Å²) >= 11 is 1.86. The van der Waals surface area contributed by atoms with Gasteiger partial charge in [0.15, 0.2) is 23.3 Å². The zero-order chi connectivity index (χ0) is 96.7. The molecule has 20 nitrogen and oxygen atoms in total. The van der Waals surface area contributed by atoms with Crippen LogP contribution >= 0.6 is 11.3 Å². The predicted octanol–water partition coefficient (Wildman–Crippen LogP) is 29.9. The summed E-state index contributed by atoms with van der Waals surface area (Å²) in [5.74, 6) is 6.30. The molecule has 13 heterocycles. The summed E-state index contributed by atoms with van der Waals surface area (Å²) in [4.78, 5) is 58.6. The molecule has 0 amide bonds. The number of benzene rings is 19. The van der Waals surface area contributed by atoms with Crippen molar-refractivity contribution in [1.29, 1.82) is 0 Å². The maximum atomic E-state index is 5.05. The highest BCUT2D eigenvalue weighted by atomic mass is 32.1.